The van der Waals surface area contributed by atoms with Crippen LogP contribution in [0.15, 0.2) is 34.0 Å². The van der Waals surface area contributed by atoms with Crippen molar-refractivity contribution in [3.05, 3.63) is 51.8 Å². The first kappa shape index (κ1) is 20.5. The third kappa shape index (κ3) is 4.27. The Kier molecular flexibility index (Phi) is 5.92. The molecule has 0 fully saturated rings. The molecule has 1 aliphatic heterocycles. The molecule has 0 unspecified atom stereocenters. The highest BCUT2D eigenvalue weighted by Crippen LogP contribution is 2.23. The number of hydrogen-bond donors (Lipinski definition) is 2. The molecule has 156 valence electrons. The Balaban J connectivity index is 1.96. The van der Waals surface area contributed by atoms with Crippen LogP contribution in [0.4, 0.5) is 0 Å². The van der Waals surface area contributed by atoms with Gasteiger partial charge in [-0.1, -0.05) is 0 Å². The molecule has 2 aromatic rings. The van der Waals surface area contributed by atoms with Gasteiger partial charge in [0.05, 0.1) is 25.2 Å². The van der Waals surface area contributed by atoms with E-state index in [0.717, 1.165) is 11.8 Å². The summed E-state index contributed by atoms with van der Waals surface area (Å²) in [6, 6.07) is 1.73. The van der Waals surface area contributed by atoms with Gasteiger partial charge in [-0.25, -0.2) is 4.79 Å². The molecule has 0 saturated carbocycles. The number of amides is 1. The van der Waals surface area contributed by atoms with Gasteiger partial charge in [-0.05, 0) is 26.3 Å². The minimum absolute atomic E-state index is 0.0717. The van der Waals surface area contributed by atoms with Crippen LogP contribution in [-0.4, -0.2) is 57.6 Å². The fourth-order valence-corrected chi connectivity index (χ4v) is 3.11. The van der Waals surface area contributed by atoms with E-state index < -0.39 is 28.6 Å². The molecule has 3 heterocycles. The molecular formula is C19H23N3O7. The number of carbonyl (C=O) groups is 2. The highest BCUT2D eigenvalue weighted by molar-refractivity contribution is 5.97. The van der Waals surface area contributed by atoms with Crippen molar-refractivity contribution in [1.82, 2.24) is 9.58 Å². The van der Waals surface area contributed by atoms with Gasteiger partial charge in [-0.15, -0.1) is 0 Å². The van der Waals surface area contributed by atoms with Gasteiger partial charge >= 0.3 is 5.97 Å². The maximum atomic E-state index is 12.9. The molecule has 29 heavy (non-hydrogen) atoms. The number of carboxylic acids is 1. The minimum atomic E-state index is -1.48. The number of aromatic nitrogens is 1. The Morgan fingerprint density at radius 3 is 2.72 bits per heavy atom. The second-order valence-electron chi connectivity index (χ2n) is 7.00. The number of aromatic hydroxyl groups is 1. The number of hydrogen-bond acceptors (Lipinski definition) is 7. The maximum Gasteiger partial charge on any atom is 0.341 e. The van der Waals surface area contributed by atoms with Crippen LogP contribution in [0.5, 0.6) is 5.75 Å². The van der Waals surface area contributed by atoms with Crippen molar-refractivity contribution in [2.24, 2.45) is 0 Å². The van der Waals surface area contributed by atoms with E-state index in [0.29, 0.717) is 19.6 Å². The van der Waals surface area contributed by atoms with Gasteiger partial charge in [0.1, 0.15) is 12.2 Å². The fourth-order valence-electron chi connectivity index (χ4n) is 3.11. The molecule has 0 aromatic carbocycles. The number of nitrogens with zero attached hydrogens (tertiary/aromatic N) is 3. The molecule has 0 spiro atoms. The van der Waals surface area contributed by atoms with E-state index in [1.807, 2.05) is 13.8 Å². The number of carbonyl (C=O) groups excluding carboxylic acids is 1. The largest absolute Gasteiger partial charge is 0.502 e. The number of rotatable bonds is 8. The normalized spacial score (nSPS) is 13.8. The lowest BCUT2D eigenvalue weighted by molar-refractivity contribution is 0.0563. The lowest BCUT2D eigenvalue weighted by atomic mass is 10.2. The Morgan fingerprint density at radius 2 is 2.10 bits per heavy atom. The zero-order valence-electron chi connectivity index (χ0n) is 16.2. The Labute approximate surface area is 166 Å². The molecule has 2 N–H and O–H groups in total. The maximum absolute atomic E-state index is 12.9. The lowest BCUT2D eigenvalue weighted by Gasteiger charge is -2.39. The molecule has 10 heteroatoms. The van der Waals surface area contributed by atoms with Gasteiger partial charge in [0.2, 0.25) is 5.43 Å². The molecule has 1 amide bonds. The number of furan rings is 1. The standard InChI is InChI=1S/C19H23N3O7/c1-12(2)29-6-3-5-20-11-21(8-13-4-7-28-10-13)22-9-14(19(26)27)16(23)17(24)15(22)18(20)25/h4,7,9-10,12,24H,3,5-6,8,11H2,1-2H3,(H,26,27). The van der Waals surface area contributed by atoms with Crippen LogP contribution in [0.2, 0.25) is 0 Å². The number of ether oxygens (including phenoxy) is 1. The second-order valence-corrected chi connectivity index (χ2v) is 7.00. The van der Waals surface area contributed by atoms with Gasteiger partial charge in [0.15, 0.2) is 11.4 Å². The second kappa shape index (κ2) is 8.39. The SMILES string of the molecule is CC(C)OCCCN1CN(Cc2ccoc2)n2cc(C(=O)O)c(=O)c(O)c2C1=O. The molecule has 2 aromatic heterocycles. The number of pyridine rings is 1. The fraction of sp³-hybridized carbons (Fsp3) is 0.421. The molecule has 0 bridgehead atoms. The summed E-state index contributed by atoms with van der Waals surface area (Å²) in [4.78, 5) is 38.0. The van der Waals surface area contributed by atoms with Crippen LogP contribution in [0, 0.1) is 0 Å². The lowest BCUT2D eigenvalue weighted by Crippen LogP contribution is -2.54. The van der Waals surface area contributed by atoms with Gasteiger partial charge in [0.25, 0.3) is 5.91 Å². The first-order chi connectivity index (χ1) is 13.8. The average Bonchev–Trinajstić information content (AvgIpc) is 3.16. The Morgan fingerprint density at radius 1 is 1.34 bits per heavy atom. The molecular weight excluding hydrogens is 382 g/mol. The zero-order valence-corrected chi connectivity index (χ0v) is 16.2. The predicted molar refractivity (Wildman–Crippen MR) is 102 cm³/mol. The van der Waals surface area contributed by atoms with E-state index in [9.17, 15) is 24.6 Å². The van der Waals surface area contributed by atoms with Crippen molar-refractivity contribution in [2.45, 2.75) is 32.9 Å². The summed E-state index contributed by atoms with van der Waals surface area (Å²) in [5, 5.41) is 21.3. The van der Waals surface area contributed by atoms with Crippen LogP contribution < -0.4 is 10.4 Å². The molecule has 0 aliphatic carbocycles. The van der Waals surface area contributed by atoms with Crippen molar-refractivity contribution in [1.29, 1.82) is 0 Å². The van der Waals surface area contributed by atoms with E-state index in [-0.39, 0.29) is 25.0 Å². The van der Waals surface area contributed by atoms with Crippen molar-refractivity contribution >= 4 is 11.9 Å². The summed E-state index contributed by atoms with van der Waals surface area (Å²) >= 11 is 0. The number of carboxylic acid groups (broad SMARTS) is 1. The summed E-state index contributed by atoms with van der Waals surface area (Å²) in [6.45, 7) is 5.05. The quantitative estimate of drug-likeness (QED) is 0.628. The number of fused-ring (bicyclic) bond motifs is 1. The summed E-state index contributed by atoms with van der Waals surface area (Å²) in [5.74, 6) is -2.91. The smallest absolute Gasteiger partial charge is 0.341 e. The van der Waals surface area contributed by atoms with Crippen molar-refractivity contribution in [3.8, 4) is 5.75 Å². The predicted octanol–water partition coefficient (Wildman–Crippen LogP) is 1.21. The molecule has 3 rings (SSSR count). The van der Waals surface area contributed by atoms with E-state index in [1.54, 1.807) is 11.1 Å². The molecule has 0 saturated heterocycles. The third-order valence-electron chi connectivity index (χ3n) is 4.49. The van der Waals surface area contributed by atoms with Crippen molar-refractivity contribution in [2.75, 3.05) is 24.8 Å². The molecule has 0 radical (unpaired) electrons. The summed E-state index contributed by atoms with van der Waals surface area (Å²) in [5.41, 5.74) is -1.19. The van der Waals surface area contributed by atoms with E-state index >= 15 is 0 Å². The highest BCUT2D eigenvalue weighted by atomic mass is 16.5. The van der Waals surface area contributed by atoms with Gasteiger partial charge in [-0.3, -0.25) is 19.3 Å². The molecule has 10 nitrogen and oxygen atoms in total. The summed E-state index contributed by atoms with van der Waals surface area (Å²) < 4.78 is 11.8. The van der Waals surface area contributed by atoms with Crippen LogP contribution in [0.3, 0.4) is 0 Å². The first-order valence-electron chi connectivity index (χ1n) is 9.18. The Hall–Kier alpha value is -3.27. The van der Waals surface area contributed by atoms with Gasteiger partial charge in [0, 0.05) is 24.9 Å². The third-order valence-corrected chi connectivity index (χ3v) is 4.49. The first-order valence-corrected chi connectivity index (χ1v) is 9.18. The van der Waals surface area contributed by atoms with Crippen LogP contribution in [-0.2, 0) is 11.3 Å². The van der Waals surface area contributed by atoms with E-state index in [1.165, 1.54) is 22.1 Å². The van der Waals surface area contributed by atoms with Crippen LogP contribution >= 0.6 is 0 Å². The van der Waals surface area contributed by atoms with E-state index in [4.69, 9.17) is 9.15 Å². The monoisotopic (exact) mass is 405 g/mol. The average molecular weight is 405 g/mol. The minimum Gasteiger partial charge on any atom is -0.502 e. The van der Waals surface area contributed by atoms with Crippen LogP contribution in [0.25, 0.3) is 0 Å². The molecule has 0 atom stereocenters. The van der Waals surface area contributed by atoms with E-state index in [2.05, 4.69) is 0 Å². The zero-order chi connectivity index (χ0) is 21.1. The van der Waals surface area contributed by atoms with Gasteiger partial charge < -0.3 is 24.3 Å². The van der Waals surface area contributed by atoms with Crippen molar-refractivity contribution < 1.29 is 29.0 Å². The summed E-state index contributed by atoms with van der Waals surface area (Å²) in [6.07, 6.45) is 4.73. The topological polar surface area (TPSA) is 125 Å². The Bertz CT molecular complexity index is 949. The molecule has 1 aliphatic rings. The van der Waals surface area contributed by atoms with Gasteiger partial charge in [-0.2, -0.15) is 0 Å². The van der Waals surface area contributed by atoms with Crippen molar-refractivity contribution in [3.63, 3.8) is 0 Å². The highest BCUT2D eigenvalue weighted by Gasteiger charge is 2.34. The summed E-state index contributed by atoms with van der Waals surface area (Å²) in [7, 11) is 0. The van der Waals surface area contributed by atoms with Crippen LogP contribution in [0.1, 0.15) is 46.7 Å². The number of aromatic carboxylic acids is 1.